The third-order valence-corrected chi connectivity index (χ3v) is 6.42. The molecule has 0 aliphatic rings. The Kier molecular flexibility index (Phi) is 10.1. The highest BCUT2D eigenvalue weighted by Crippen LogP contribution is 2.27. The van der Waals surface area contributed by atoms with E-state index in [1.54, 1.807) is 32.6 Å². The fourth-order valence-corrected chi connectivity index (χ4v) is 4.38. The Morgan fingerprint density at radius 2 is 1.59 bits per heavy atom. The van der Waals surface area contributed by atoms with E-state index in [1.165, 1.54) is 0 Å². The van der Waals surface area contributed by atoms with Crippen LogP contribution in [0.15, 0.2) is 66.7 Å². The van der Waals surface area contributed by atoms with Gasteiger partial charge in [0.1, 0.15) is 17.7 Å². The van der Waals surface area contributed by atoms with Crippen molar-refractivity contribution in [2.24, 2.45) is 0 Å². The smallest absolute Gasteiger partial charge is 0.408 e. The lowest BCUT2D eigenvalue weighted by Gasteiger charge is -2.33. The summed E-state index contributed by atoms with van der Waals surface area (Å²) in [7, 11) is 0. The molecule has 3 aromatic carbocycles. The van der Waals surface area contributed by atoms with Crippen LogP contribution in [0.4, 0.5) is 10.5 Å². The van der Waals surface area contributed by atoms with Crippen molar-refractivity contribution in [3.63, 3.8) is 0 Å². The van der Waals surface area contributed by atoms with Gasteiger partial charge in [0.05, 0.1) is 0 Å². The molecule has 0 fully saturated rings. The van der Waals surface area contributed by atoms with Crippen molar-refractivity contribution in [3.05, 3.63) is 77.9 Å². The summed E-state index contributed by atoms with van der Waals surface area (Å²) in [6.07, 6.45) is 1.73. The largest absolute Gasteiger partial charge is 0.444 e. The van der Waals surface area contributed by atoms with Gasteiger partial charge in [0.25, 0.3) is 5.91 Å². The molecule has 7 nitrogen and oxygen atoms in total. The Balaban J connectivity index is 1.95. The predicted octanol–water partition coefficient (Wildman–Crippen LogP) is 6.62. The van der Waals surface area contributed by atoms with Crippen LogP contribution in [-0.4, -0.2) is 41.0 Å². The second-order valence-electron chi connectivity index (χ2n) is 10.8. The van der Waals surface area contributed by atoms with Crippen LogP contribution in [0, 0.1) is 0 Å². The molecule has 208 valence electrons. The van der Waals surface area contributed by atoms with Gasteiger partial charge in [-0.05, 0) is 74.6 Å². The van der Waals surface area contributed by atoms with E-state index in [9.17, 15) is 14.4 Å². The zero-order chi connectivity index (χ0) is 28.6. The van der Waals surface area contributed by atoms with Gasteiger partial charge in [-0.3, -0.25) is 9.59 Å². The number of unbranched alkanes of at least 4 members (excludes halogenated alkanes) is 1. The summed E-state index contributed by atoms with van der Waals surface area (Å²) in [6, 6.07) is 19.7. The van der Waals surface area contributed by atoms with Gasteiger partial charge in [-0.2, -0.15) is 0 Å². The molecule has 3 rings (SSSR count). The number of nitrogens with one attached hydrogen (secondary N) is 2. The molecule has 0 bridgehead atoms. The maximum Gasteiger partial charge on any atom is 0.408 e. The summed E-state index contributed by atoms with van der Waals surface area (Å²) >= 11 is 0. The fraction of sp³-hybridized carbons (Fsp3) is 0.406. The van der Waals surface area contributed by atoms with Crippen LogP contribution in [0.3, 0.4) is 0 Å². The van der Waals surface area contributed by atoms with E-state index in [2.05, 4.69) is 17.6 Å². The van der Waals surface area contributed by atoms with E-state index in [-0.39, 0.29) is 11.8 Å². The number of carbonyl (C=O) groups excluding carboxylic acids is 3. The molecule has 0 saturated carbocycles. The number of carbonyl (C=O) groups is 3. The van der Waals surface area contributed by atoms with Crippen molar-refractivity contribution >= 4 is 34.4 Å². The number of rotatable bonds is 10. The molecule has 2 unspecified atom stereocenters. The van der Waals surface area contributed by atoms with Crippen LogP contribution in [0.5, 0.6) is 0 Å². The lowest BCUT2D eigenvalue weighted by molar-refractivity contribution is -0.140. The maximum absolute atomic E-state index is 13.9. The summed E-state index contributed by atoms with van der Waals surface area (Å²) in [5, 5.41) is 7.76. The average Bonchev–Trinajstić information content (AvgIpc) is 2.89. The number of alkyl carbamates (subject to hydrolysis) is 1. The summed E-state index contributed by atoms with van der Waals surface area (Å²) in [5.41, 5.74) is 1.80. The van der Waals surface area contributed by atoms with Gasteiger partial charge in [-0.25, -0.2) is 4.79 Å². The first-order valence-electron chi connectivity index (χ1n) is 13.7. The van der Waals surface area contributed by atoms with Crippen LogP contribution >= 0.6 is 0 Å². The highest BCUT2D eigenvalue weighted by Gasteiger charge is 2.34. The highest BCUT2D eigenvalue weighted by molar-refractivity contribution is 6.00. The van der Waals surface area contributed by atoms with Gasteiger partial charge >= 0.3 is 6.09 Å². The van der Waals surface area contributed by atoms with E-state index in [0.29, 0.717) is 24.2 Å². The standard InChI is InChI=1S/C32H41N3O4/c1-7-9-20-35(30(37)22(3)33-31(38)39-32(4,5)6)28(25-16-14-23(8-2)15-17-25)29(36)34-27-19-18-24-12-10-11-13-26(24)21-27/h10-19,21-22,28H,7-9,20H2,1-6H3,(H,33,38)(H,34,36). The summed E-state index contributed by atoms with van der Waals surface area (Å²) in [4.78, 5) is 41.7. The number of amides is 3. The SMILES string of the molecule is CCCCN(C(=O)C(C)NC(=O)OC(C)(C)C)C(C(=O)Nc1ccc2ccccc2c1)c1ccc(CC)cc1. The fourth-order valence-electron chi connectivity index (χ4n) is 4.38. The molecule has 0 aliphatic heterocycles. The molecule has 3 amide bonds. The second-order valence-corrected chi connectivity index (χ2v) is 10.8. The van der Waals surface area contributed by atoms with E-state index in [4.69, 9.17) is 4.74 Å². The number of fused-ring (bicyclic) bond motifs is 1. The maximum atomic E-state index is 13.9. The topological polar surface area (TPSA) is 87.7 Å². The number of nitrogens with zero attached hydrogens (tertiary/aromatic N) is 1. The first kappa shape index (κ1) is 29.7. The van der Waals surface area contributed by atoms with Crippen molar-refractivity contribution in [3.8, 4) is 0 Å². The normalized spacial score (nSPS) is 12.9. The van der Waals surface area contributed by atoms with Gasteiger partial charge in [0, 0.05) is 12.2 Å². The Morgan fingerprint density at radius 1 is 0.923 bits per heavy atom. The molecule has 0 aromatic heterocycles. The van der Waals surface area contributed by atoms with E-state index in [0.717, 1.165) is 29.2 Å². The van der Waals surface area contributed by atoms with Gasteiger partial charge in [-0.1, -0.05) is 74.9 Å². The second kappa shape index (κ2) is 13.3. The zero-order valence-electron chi connectivity index (χ0n) is 23.9. The highest BCUT2D eigenvalue weighted by atomic mass is 16.6. The van der Waals surface area contributed by atoms with E-state index in [1.807, 2.05) is 73.7 Å². The molecular formula is C32H41N3O4. The predicted molar refractivity (Wildman–Crippen MR) is 157 cm³/mol. The van der Waals surface area contributed by atoms with Crippen LogP contribution in [0.2, 0.25) is 0 Å². The minimum absolute atomic E-state index is 0.316. The Labute approximate surface area is 231 Å². The van der Waals surface area contributed by atoms with Crippen molar-refractivity contribution in [2.75, 3.05) is 11.9 Å². The van der Waals surface area contributed by atoms with Crippen LogP contribution in [0.1, 0.15) is 71.6 Å². The van der Waals surface area contributed by atoms with Crippen LogP contribution < -0.4 is 10.6 Å². The van der Waals surface area contributed by atoms with Crippen LogP contribution in [0.25, 0.3) is 10.8 Å². The number of benzene rings is 3. The Bertz CT molecular complexity index is 1280. The van der Waals surface area contributed by atoms with Gasteiger partial charge in [0.2, 0.25) is 5.91 Å². The molecule has 2 atom stereocenters. The van der Waals surface area contributed by atoms with E-state index < -0.39 is 23.8 Å². The first-order valence-corrected chi connectivity index (χ1v) is 13.7. The van der Waals surface area contributed by atoms with Crippen LogP contribution in [-0.2, 0) is 20.7 Å². The minimum atomic E-state index is -0.886. The number of anilines is 1. The molecule has 0 aliphatic carbocycles. The van der Waals surface area contributed by atoms with Gasteiger partial charge in [-0.15, -0.1) is 0 Å². The lowest BCUT2D eigenvalue weighted by atomic mass is 10.00. The summed E-state index contributed by atoms with van der Waals surface area (Å²) in [5.74, 6) is -0.670. The summed E-state index contributed by atoms with van der Waals surface area (Å²) in [6.45, 7) is 11.4. The molecular weight excluding hydrogens is 490 g/mol. The molecule has 0 radical (unpaired) electrons. The van der Waals surface area contributed by atoms with Crippen molar-refractivity contribution in [2.45, 2.75) is 78.5 Å². The molecule has 0 saturated heterocycles. The van der Waals surface area contributed by atoms with Crippen molar-refractivity contribution in [1.29, 1.82) is 0 Å². The quantitative estimate of drug-likeness (QED) is 0.308. The third kappa shape index (κ3) is 8.31. The van der Waals surface area contributed by atoms with Crippen molar-refractivity contribution < 1.29 is 19.1 Å². The molecule has 3 aromatic rings. The third-order valence-electron chi connectivity index (χ3n) is 6.42. The Morgan fingerprint density at radius 3 is 2.21 bits per heavy atom. The molecule has 39 heavy (non-hydrogen) atoms. The first-order chi connectivity index (χ1) is 18.5. The molecule has 2 N–H and O–H groups in total. The molecule has 0 heterocycles. The number of aryl methyl sites for hydroxylation is 1. The average molecular weight is 532 g/mol. The molecule has 7 heteroatoms. The number of ether oxygens (including phenoxy) is 1. The lowest BCUT2D eigenvalue weighted by Crippen LogP contribution is -2.51. The van der Waals surface area contributed by atoms with Gasteiger partial charge < -0.3 is 20.3 Å². The number of hydrogen-bond donors (Lipinski definition) is 2. The zero-order valence-corrected chi connectivity index (χ0v) is 23.9. The van der Waals surface area contributed by atoms with E-state index >= 15 is 0 Å². The summed E-state index contributed by atoms with van der Waals surface area (Å²) < 4.78 is 5.35. The minimum Gasteiger partial charge on any atom is -0.444 e. The van der Waals surface area contributed by atoms with Crippen molar-refractivity contribution in [1.82, 2.24) is 10.2 Å². The Hall–Kier alpha value is -3.87. The molecule has 0 spiro atoms. The van der Waals surface area contributed by atoms with Gasteiger partial charge in [0.15, 0.2) is 0 Å². The monoisotopic (exact) mass is 531 g/mol. The number of hydrogen-bond acceptors (Lipinski definition) is 4.